The molecule has 2 fully saturated rings. The van der Waals surface area contributed by atoms with Crippen molar-refractivity contribution in [2.45, 2.75) is 26.3 Å². The molecule has 9 heteroatoms. The van der Waals surface area contributed by atoms with Crippen LogP contribution in [0.5, 0.6) is 0 Å². The lowest BCUT2D eigenvalue weighted by Gasteiger charge is -2.35. The van der Waals surface area contributed by atoms with Gasteiger partial charge in [-0.25, -0.2) is 13.4 Å². The summed E-state index contributed by atoms with van der Waals surface area (Å²) in [6.07, 6.45) is 0.590. The Labute approximate surface area is 142 Å². The first-order chi connectivity index (χ1) is 11.3. The minimum atomic E-state index is -2.94. The van der Waals surface area contributed by atoms with Crippen molar-refractivity contribution in [3.63, 3.8) is 0 Å². The molecule has 132 valence electrons. The highest BCUT2D eigenvalue weighted by Gasteiger charge is 2.28. The Morgan fingerprint density at radius 3 is 2.54 bits per heavy atom. The van der Waals surface area contributed by atoms with Crippen LogP contribution in [-0.4, -0.2) is 72.9 Å². The Hall–Kier alpha value is -1.90. The number of aryl methyl sites for hydroxylation is 1. The lowest BCUT2D eigenvalue weighted by molar-refractivity contribution is -0.129. The van der Waals surface area contributed by atoms with Crippen LogP contribution >= 0.6 is 0 Å². The maximum Gasteiger partial charge on any atom is 0.225 e. The van der Waals surface area contributed by atoms with Crippen molar-refractivity contribution >= 4 is 27.5 Å². The zero-order valence-corrected chi connectivity index (χ0v) is 14.8. The molecule has 1 N–H and O–H groups in total. The van der Waals surface area contributed by atoms with Crippen molar-refractivity contribution in [1.82, 2.24) is 14.9 Å². The highest BCUT2D eigenvalue weighted by molar-refractivity contribution is 7.91. The van der Waals surface area contributed by atoms with E-state index >= 15 is 0 Å². The normalized spacial score (nSPS) is 23.3. The van der Waals surface area contributed by atoms with Crippen LogP contribution in [0.1, 0.15) is 19.0 Å². The Morgan fingerprint density at radius 1 is 1.25 bits per heavy atom. The second-order valence-electron chi connectivity index (χ2n) is 6.43. The van der Waals surface area contributed by atoms with E-state index in [1.54, 1.807) is 6.92 Å². The number of piperazine rings is 1. The molecular formula is C15H23N5O3S. The summed E-state index contributed by atoms with van der Waals surface area (Å²) < 4.78 is 23.2. The summed E-state index contributed by atoms with van der Waals surface area (Å²) in [5, 5.41) is 3.15. The van der Waals surface area contributed by atoms with E-state index in [9.17, 15) is 13.2 Å². The van der Waals surface area contributed by atoms with Crippen LogP contribution in [0.25, 0.3) is 0 Å². The lowest BCUT2D eigenvalue weighted by Crippen LogP contribution is -2.48. The van der Waals surface area contributed by atoms with E-state index in [2.05, 4.69) is 20.2 Å². The predicted molar refractivity (Wildman–Crippen MR) is 91.9 cm³/mol. The predicted octanol–water partition coefficient (Wildman–Crippen LogP) is 0.0525. The van der Waals surface area contributed by atoms with E-state index in [-0.39, 0.29) is 23.5 Å². The average Bonchev–Trinajstić information content (AvgIpc) is 2.85. The summed E-state index contributed by atoms with van der Waals surface area (Å²) in [5.41, 5.74) is 0.831. The van der Waals surface area contributed by atoms with Gasteiger partial charge in [0, 0.05) is 50.9 Å². The molecule has 0 bridgehead atoms. The van der Waals surface area contributed by atoms with Crippen molar-refractivity contribution in [2.24, 2.45) is 0 Å². The van der Waals surface area contributed by atoms with Crippen LogP contribution in [-0.2, 0) is 14.6 Å². The monoisotopic (exact) mass is 353 g/mol. The summed E-state index contributed by atoms with van der Waals surface area (Å²) >= 11 is 0. The Balaban J connectivity index is 1.69. The largest absolute Gasteiger partial charge is 0.353 e. The molecule has 0 aromatic carbocycles. The number of amides is 1. The van der Waals surface area contributed by atoms with E-state index in [1.807, 2.05) is 17.9 Å². The molecule has 2 saturated heterocycles. The zero-order chi connectivity index (χ0) is 17.3. The van der Waals surface area contributed by atoms with E-state index < -0.39 is 9.84 Å². The highest BCUT2D eigenvalue weighted by atomic mass is 32.2. The fourth-order valence-corrected chi connectivity index (χ4v) is 4.79. The highest BCUT2D eigenvalue weighted by Crippen LogP contribution is 2.20. The van der Waals surface area contributed by atoms with Gasteiger partial charge in [0.2, 0.25) is 11.9 Å². The number of hydrogen-bond donors (Lipinski definition) is 1. The van der Waals surface area contributed by atoms with Gasteiger partial charge in [0.25, 0.3) is 0 Å². The summed E-state index contributed by atoms with van der Waals surface area (Å²) in [6.45, 7) is 6.31. The number of carbonyl (C=O) groups excluding carboxylic acids is 1. The van der Waals surface area contributed by atoms with Crippen molar-refractivity contribution in [2.75, 3.05) is 47.9 Å². The third-order valence-electron chi connectivity index (χ3n) is 4.46. The summed E-state index contributed by atoms with van der Waals surface area (Å²) in [4.78, 5) is 24.3. The molecule has 24 heavy (non-hydrogen) atoms. The molecule has 1 atom stereocenters. The zero-order valence-electron chi connectivity index (χ0n) is 14.0. The van der Waals surface area contributed by atoms with Gasteiger partial charge in [-0.1, -0.05) is 0 Å². The molecule has 1 aromatic heterocycles. The Morgan fingerprint density at radius 2 is 1.96 bits per heavy atom. The molecule has 1 amide bonds. The fourth-order valence-electron chi connectivity index (χ4n) is 3.12. The molecule has 1 aromatic rings. The minimum absolute atomic E-state index is 0.0957. The Bertz CT molecular complexity index is 729. The maximum atomic E-state index is 11.6. The van der Waals surface area contributed by atoms with Crippen LogP contribution in [0.2, 0.25) is 0 Å². The molecule has 2 aliphatic heterocycles. The van der Waals surface area contributed by atoms with Crippen LogP contribution in [0, 0.1) is 6.92 Å². The van der Waals surface area contributed by atoms with Crippen LogP contribution in [0.4, 0.5) is 11.8 Å². The molecule has 0 aliphatic carbocycles. The van der Waals surface area contributed by atoms with E-state index in [0.29, 0.717) is 25.5 Å². The summed E-state index contributed by atoms with van der Waals surface area (Å²) in [5.74, 6) is 1.74. The van der Waals surface area contributed by atoms with E-state index in [0.717, 1.165) is 24.6 Å². The van der Waals surface area contributed by atoms with Crippen molar-refractivity contribution in [3.8, 4) is 0 Å². The van der Waals surface area contributed by atoms with Crippen LogP contribution in [0.3, 0.4) is 0 Å². The smallest absolute Gasteiger partial charge is 0.225 e. The van der Waals surface area contributed by atoms with Gasteiger partial charge in [-0.3, -0.25) is 4.79 Å². The molecule has 0 radical (unpaired) electrons. The van der Waals surface area contributed by atoms with Gasteiger partial charge in [-0.15, -0.1) is 0 Å². The van der Waals surface area contributed by atoms with Gasteiger partial charge < -0.3 is 15.1 Å². The third kappa shape index (κ3) is 3.95. The van der Waals surface area contributed by atoms with Gasteiger partial charge in [0.1, 0.15) is 5.82 Å². The number of anilines is 2. The summed E-state index contributed by atoms with van der Waals surface area (Å²) in [7, 11) is -2.94. The van der Waals surface area contributed by atoms with E-state index in [1.165, 1.54) is 0 Å². The van der Waals surface area contributed by atoms with Crippen molar-refractivity contribution in [3.05, 3.63) is 11.8 Å². The topological polar surface area (TPSA) is 95.5 Å². The number of aromatic nitrogens is 2. The number of rotatable bonds is 3. The Kier molecular flexibility index (Phi) is 4.62. The number of carbonyl (C=O) groups is 1. The SMILES string of the molecule is CC(=O)N1CCN(c2cc(C)nc(NC3CCS(=O)(=O)C3)n2)CC1. The standard InChI is InChI=1S/C15H23N5O3S/c1-11-9-14(20-6-4-19(5-7-20)12(2)21)18-15(16-11)17-13-3-8-24(22,23)10-13/h9,13H,3-8,10H2,1-2H3,(H,16,17,18). The van der Waals surface area contributed by atoms with Crippen LogP contribution < -0.4 is 10.2 Å². The van der Waals surface area contributed by atoms with E-state index in [4.69, 9.17) is 0 Å². The number of nitrogens with one attached hydrogen (secondary N) is 1. The second-order valence-corrected chi connectivity index (χ2v) is 8.66. The second kappa shape index (κ2) is 6.54. The van der Waals surface area contributed by atoms with Crippen LogP contribution in [0.15, 0.2) is 6.07 Å². The molecule has 8 nitrogen and oxygen atoms in total. The maximum absolute atomic E-state index is 11.6. The first-order valence-electron chi connectivity index (χ1n) is 8.15. The van der Waals surface area contributed by atoms with Gasteiger partial charge >= 0.3 is 0 Å². The molecule has 3 rings (SSSR count). The number of nitrogens with zero attached hydrogens (tertiary/aromatic N) is 4. The quantitative estimate of drug-likeness (QED) is 0.820. The molecule has 0 saturated carbocycles. The van der Waals surface area contributed by atoms with Gasteiger partial charge in [-0.05, 0) is 13.3 Å². The third-order valence-corrected chi connectivity index (χ3v) is 6.22. The van der Waals surface area contributed by atoms with Gasteiger partial charge in [0.05, 0.1) is 11.5 Å². The summed E-state index contributed by atoms with van der Waals surface area (Å²) in [6, 6.07) is 1.79. The van der Waals surface area contributed by atoms with Gasteiger partial charge in [-0.2, -0.15) is 4.98 Å². The molecular weight excluding hydrogens is 330 g/mol. The minimum Gasteiger partial charge on any atom is -0.353 e. The van der Waals surface area contributed by atoms with Crippen molar-refractivity contribution < 1.29 is 13.2 Å². The lowest BCUT2D eigenvalue weighted by atomic mass is 10.2. The fraction of sp³-hybridized carbons (Fsp3) is 0.667. The van der Waals surface area contributed by atoms with Crippen molar-refractivity contribution in [1.29, 1.82) is 0 Å². The number of hydrogen-bond acceptors (Lipinski definition) is 7. The molecule has 2 aliphatic rings. The first kappa shape index (κ1) is 16.9. The number of sulfone groups is 1. The first-order valence-corrected chi connectivity index (χ1v) is 9.98. The molecule has 1 unspecified atom stereocenters. The molecule has 0 spiro atoms. The average molecular weight is 353 g/mol. The molecule has 3 heterocycles. The van der Waals surface area contributed by atoms with Gasteiger partial charge in [0.15, 0.2) is 9.84 Å².